The van der Waals surface area contributed by atoms with Gasteiger partial charge in [-0.2, -0.15) is 0 Å². The summed E-state index contributed by atoms with van der Waals surface area (Å²) in [6, 6.07) is 4.80. The summed E-state index contributed by atoms with van der Waals surface area (Å²) >= 11 is 3.25. The van der Waals surface area contributed by atoms with Crippen molar-refractivity contribution in [2.24, 2.45) is 0 Å². The molecule has 0 aliphatic heterocycles. The third kappa shape index (κ3) is 2.50. The summed E-state index contributed by atoms with van der Waals surface area (Å²) in [6.07, 6.45) is 0. The molecule has 0 unspecified atom stereocenters. The van der Waals surface area contributed by atoms with E-state index in [9.17, 15) is 8.42 Å². The highest BCUT2D eigenvalue weighted by Crippen LogP contribution is 2.28. The van der Waals surface area contributed by atoms with E-state index in [0.29, 0.717) is 5.75 Å². The van der Waals surface area contributed by atoms with Crippen molar-refractivity contribution in [2.45, 2.75) is 4.90 Å². The van der Waals surface area contributed by atoms with E-state index in [4.69, 9.17) is 4.74 Å². The fourth-order valence-corrected chi connectivity index (χ4v) is 2.42. The van der Waals surface area contributed by atoms with E-state index in [1.807, 2.05) is 0 Å². The van der Waals surface area contributed by atoms with Crippen LogP contribution in [0.15, 0.2) is 27.6 Å². The summed E-state index contributed by atoms with van der Waals surface area (Å²) in [6.45, 7) is 0. The van der Waals surface area contributed by atoms with Gasteiger partial charge >= 0.3 is 0 Å². The lowest BCUT2D eigenvalue weighted by molar-refractivity contribution is 0.400. The molecular formula is C9H12BrNO3S. The standard InChI is InChI=1S/C9H12BrNO3S/c1-11(2)15(12,13)9-5-4-7(10)6-8(9)14-3/h4-6H,1-3H3. The van der Waals surface area contributed by atoms with Crippen molar-refractivity contribution in [3.8, 4) is 5.75 Å². The van der Waals surface area contributed by atoms with E-state index in [-0.39, 0.29) is 4.90 Å². The molecule has 4 nitrogen and oxygen atoms in total. The van der Waals surface area contributed by atoms with Gasteiger partial charge in [0.05, 0.1) is 7.11 Å². The van der Waals surface area contributed by atoms with E-state index >= 15 is 0 Å². The maximum Gasteiger partial charge on any atom is 0.246 e. The predicted molar refractivity (Wildman–Crippen MR) is 61.6 cm³/mol. The van der Waals surface area contributed by atoms with Gasteiger partial charge in [-0.1, -0.05) is 15.9 Å². The van der Waals surface area contributed by atoms with Crippen molar-refractivity contribution in [3.05, 3.63) is 22.7 Å². The molecule has 15 heavy (non-hydrogen) atoms. The third-order valence-corrected chi connectivity index (χ3v) is 4.23. The first-order valence-corrected chi connectivity index (χ1v) is 6.39. The molecule has 0 bridgehead atoms. The van der Waals surface area contributed by atoms with Gasteiger partial charge in [-0.25, -0.2) is 12.7 Å². The van der Waals surface area contributed by atoms with E-state index in [1.165, 1.54) is 27.3 Å². The molecule has 0 aromatic heterocycles. The van der Waals surface area contributed by atoms with Gasteiger partial charge in [0.2, 0.25) is 10.0 Å². The van der Waals surface area contributed by atoms with Crippen LogP contribution in [0.3, 0.4) is 0 Å². The quantitative estimate of drug-likeness (QED) is 0.852. The maximum atomic E-state index is 11.9. The lowest BCUT2D eigenvalue weighted by Gasteiger charge is -2.14. The second-order valence-corrected chi connectivity index (χ2v) is 6.12. The van der Waals surface area contributed by atoms with Crippen LogP contribution in [0.1, 0.15) is 0 Å². The minimum absolute atomic E-state index is 0.165. The van der Waals surface area contributed by atoms with Crippen LogP contribution in [-0.4, -0.2) is 33.9 Å². The summed E-state index contributed by atoms with van der Waals surface area (Å²) in [5.74, 6) is 0.332. The second-order valence-electron chi connectivity index (χ2n) is 3.08. The monoisotopic (exact) mass is 293 g/mol. The average molecular weight is 294 g/mol. The fraction of sp³-hybridized carbons (Fsp3) is 0.333. The average Bonchev–Trinajstić information content (AvgIpc) is 2.16. The summed E-state index contributed by atoms with van der Waals surface area (Å²) in [7, 11) is 0.958. The number of nitrogens with zero attached hydrogens (tertiary/aromatic N) is 1. The Morgan fingerprint density at radius 2 is 1.93 bits per heavy atom. The molecule has 1 rings (SSSR count). The Balaban J connectivity index is 3.38. The van der Waals surface area contributed by atoms with Crippen LogP contribution in [0.5, 0.6) is 5.75 Å². The largest absolute Gasteiger partial charge is 0.495 e. The number of rotatable bonds is 3. The summed E-state index contributed by atoms with van der Waals surface area (Å²) in [5.41, 5.74) is 0. The van der Waals surface area contributed by atoms with Crippen LogP contribution in [-0.2, 0) is 10.0 Å². The molecule has 0 aliphatic rings. The first-order chi connectivity index (χ1) is 6.89. The lowest BCUT2D eigenvalue weighted by Crippen LogP contribution is -2.22. The van der Waals surface area contributed by atoms with Crippen LogP contribution in [0, 0.1) is 0 Å². The van der Waals surface area contributed by atoms with Crippen molar-refractivity contribution < 1.29 is 13.2 Å². The number of hydrogen-bond acceptors (Lipinski definition) is 3. The molecule has 84 valence electrons. The van der Waals surface area contributed by atoms with Crippen LogP contribution in [0.4, 0.5) is 0 Å². The number of benzene rings is 1. The molecule has 1 aromatic carbocycles. The first kappa shape index (κ1) is 12.5. The molecule has 1 aromatic rings. The highest BCUT2D eigenvalue weighted by atomic mass is 79.9. The number of halogens is 1. The van der Waals surface area contributed by atoms with Crippen molar-refractivity contribution in [3.63, 3.8) is 0 Å². The number of methoxy groups -OCH3 is 1. The smallest absolute Gasteiger partial charge is 0.246 e. The Kier molecular flexibility index (Phi) is 3.75. The zero-order valence-electron chi connectivity index (χ0n) is 8.69. The zero-order chi connectivity index (χ0) is 11.6. The Hall–Kier alpha value is -0.590. The Morgan fingerprint density at radius 1 is 1.33 bits per heavy atom. The predicted octanol–water partition coefficient (Wildman–Crippen LogP) is 1.71. The van der Waals surface area contributed by atoms with E-state index in [0.717, 1.165) is 8.78 Å². The summed E-state index contributed by atoms with van der Waals surface area (Å²) in [5, 5.41) is 0. The van der Waals surface area contributed by atoms with Crippen LogP contribution in [0.2, 0.25) is 0 Å². The van der Waals surface area contributed by atoms with Gasteiger partial charge in [0.15, 0.2) is 0 Å². The van der Waals surface area contributed by atoms with E-state index < -0.39 is 10.0 Å². The number of ether oxygens (including phenoxy) is 1. The molecule has 0 fully saturated rings. The molecule has 0 aliphatic carbocycles. The topological polar surface area (TPSA) is 46.6 Å². The van der Waals surface area contributed by atoms with Crippen LogP contribution < -0.4 is 4.74 Å². The molecule has 0 saturated carbocycles. The highest BCUT2D eigenvalue weighted by Gasteiger charge is 2.21. The minimum atomic E-state index is -3.45. The fourth-order valence-electron chi connectivity index (χ4n) is 1.05. The van der Waals surface area contributed by atoms with Crippen molar-refractivity contribution >= 4 is 26.0 Å². The Morgan fingerprint density at radius 3 is 2.40 bits per heavy atom. The molecule has 0 amide bonds. The minimum Gasteiger partial charge on any atom is -0.495 e. The number of sulfonamides is 1. The van der Waals surface area contributed by atoms with Crippen LogP contribution in [0.25, 0.3) is 0 Å². The highest BCUT2D eigenvalue weighted by molar-refractivity contribution is 9.10. The molecule has 0 radical (unpaired) electrons. The van der Waals surface area contributed by atoms with E-state index in [1.54, 1.807) is 12.1 Å². The molecule has 0 atom stereocenters. The van der Waals surface area contributed by atoms with Crippen molar-refractivity contribution in [2.75, 3.05) is 21.2 Å². The lowest BCUT2D eigenvalue weighted by atomic mass is 10.3. The van der Waals surface area contributed by atoms with Gasteiger partial charge in [0.25, 0.3) is 0 Å². The van der Waals surface area contributed by atoms with Gasteiger partial charge in [-0.05, 0) is 18.2 Å². The van der Waals surface area contributed by atoms with Gasteiger partial charge < -0.3 is 4.74 Å². The molecule has 6 heteroatoms. The molecule has 0 heterocycles. The summed E-state index contributed by atoms with van der Waals surface area (Å²) < 4.78 is 30.7. The molecule has 0 spiro atoms. The second kappa shape index (κ2) is 4.51. The zero-order valence-corrected chi connectivity index (χ0v) is 11.1. The Bertz CT molecular complexity index is 456. The molecule has 0 saturated heterocycles. The van der Waals surface area contributed by atoms with Crippen molar-refractivity contribution in [1.29, 1.82) is 0 Å². The normalized spacial score (nSPS) is 11.8. The van der Waals surface area contributed by atoms with Gasteiger partial charge in [-0.3, -0.25) is 0 Å². The molecular weight excluding hydrogens is 282 g/mol. The van der Waals surface area contributed by atoms with Gasteiger partial charge in [0.1, 0.15) is 10.6 Å². The van der Waals surface area contributed by atoms with E-state index in [2.05, 4.69) is 15.9 Å². The third-order valence-electron chi connectivity index (χ3n) is 1.88. The maximum absolute atomic E-state index is 11.9. The van der Waals surface area contributed by atoms with Gasteiger partial charge in [-0.15, -0.1) is 0 Å². The SMILES string of the molecule is COc1cc(Br)ccc1S(=O)(=O)N(C)C. The van der Waals surface area contributed by atoms with Gasteiger partial charge in [0, 0.05) is 18.6 Å². The Labute approximate surface area is 98.0 Å². The summed E-state index contributed by atoms with van der Waals surface area (Å²) in [4.78, 5) is 0.165. The van der Waals surface area contributed by atoms with Crippen molar-refractivity contribution in [1.82, 2.24) is 4.31 Å². The number of hydrogen-bond donors (Lipinski definition) is 0. The molecule has 0 N–H and O–H groups in total. The first-order valence-electron chi connectivity index (χ1n) is 4.15. The van der Waals surface area contributed by atoms with Crippen LogP contribution >= 0.6 is 15.9 Å².